The Morgan fingerprint density at radius 2 is 2.43 bits per heavy atom. The normalized spacial score (nSPS) is 13.4. The minimum Gasteiger partial charge on any atom is -0.302 e. The molecule has 1 atom stereocenters. The van der Waals surface area contributed by atoms with Crippen molar-refractivity contribution in [1.29, 1.82) is 0 Å². The van der Waals surface area contributed by atoms with E-state index in [4.69, 9.17) is 11.6 Å². The SMILES string of the molecule is O=CC(Cl)CCBr. The molecule has 0 aliphatic rings. The third-order valence-corrected chi connectivity index (χ3v) is 1.31. The van der Waals surface area contributed by atoms with Crippen molar-refractivity contribution in [3.8, 4) is 0 Å². The minimum atomic E-state index is -0.306. The number of aldehydes is 1. The lowest BCUT2D eigenvalue weighted by Gasteiger charge is -1.91. The van der Waals surface area contributed by atoms with Crippen LogP contribution in [0.25, 0.3) is 0 Å². The first-order valence-corrected chi connectivity index (χ1v) is 3.52. The molecular formula is C4H6BrClO. The average Bonchev–Trinajstić information content (AvgIpc) is 1.68. The Morgan fingerprint density at radius 3 is 2.57 bits per heavy atom. The van der Waals surface area contributed by atoms with Gasteiger partial charge in [0.1, 0.15) is 6.29 Å². The highest BCUT2D eigenvalue weighted by molar-refractivity contribution is 9.09. The first-order valence-electron chi connectivity index (χ1n) is 1.96. The van der Waals surface area contributed by atoms with Crippen LogP contribution in [0, 0.1) is 0 Å². The Morgan fingerprint density at radius 1 is 1.86 bits per heavy atom. The quantitative estimate of drug-likeness (QED) is 0.482. The van der Waals surface area contributed by atoms with Gasteiger partial charge in [-0.1, -0.05) is 15.9 Å². The third kappa shape index (κ3) is 4.29. The predicted molar refractivity (Wildman–Crippen MR) is 34.1 cm³/mol. The molecule has 0 aliphatic heterocycles. The topological polar surface area (TPSA) is 17.1 Å². The molecule has 42 valence electrons. The summed E-state index contributed by atoms with van der Waals surface area (Å²) in [5.74, 6) is 0. The summed E-state index contributed by atoms with van der Waals surface area (Å²) in [6, 6.07) is 0. The number of hydrogen-bond acceptors (Lipinski definition) is 1. The summed E-state index contributed by atoms with van der Waals surface area (Å²) in [6.07, 6.45) is 1.45. The number of halogens is 2. The zero-order valence-corrected chi connectivity index (χ0v) is 6.08. The third-order valence-electron chi connectivity index (χ3n) is 0.533. The van der Waals surface area contributed by atoms with Gasteiger partial charge in [0.15, 0.2) is 0 Å². The van der Waals surface area contributed by atoms with E-state index in [0.29, 0.717) is 6.42 Å². The summed E-state index contributed by atoms with van der Waals surface area (Å²) in [6.45, 7) is 0. The second-order valence-electron chi connectivity index (χ2n) is 1.13. The Hall–Kier alpha value is 0.440. The Bertz CT molecular complexity index is 57.7. The molecule has 0 spiro atoms. The van der Waals surface area contributed by atoms with Gasteiger partial charge >= 0.3 is 0 Å². The van der Waals surface area contributed by atoms with Gasteiger partial charge in [0.25, 0.3) is 0 Å². The zero-order chi connectivity index (χ0) is 5.70. The van der Waals surface area contributed by atoms with Gasteiger partial charge in [-0.15, -0.1) is 11.6 Å². The van der Waals surface area contributed by atoms with E-state index in [1.165, 1.54) is 0 Å². The maximum Gasteiger partial charge on any atom is 0.137 e. The van der Waals surface area contributed by atoms with Crippen LogP contribution >= 0.6 is 27.5 Å². The van der Waals surface area contributed by atoms with Crippen LogP contribution in [0.3, 0.4) is 0 Å². The van der Waals surface area contributed by atoms with Gasteiger partial charge in [0, 0.05) is 5.33 Å². The molecule has 0 fully saturated rings. The highest BCUT2D eigenvalue weighted by Gasteiger charge is 1.97. The summed E-state index contributed by atoms with van der Waals surface area (Å²) in [5, 5.41) is 0.485. The van der Waals surface area contributed by atoms with E-state index in [0.717, 1.165) is 11.6 Å². The molecule has 0 heterocycles. The molecule has 0 bridgehead atoms. The van der Waals surface area contributed by atoms with Crippen molar-refractivity contribution in [1.82, 2.24) is 0 Å². The van der Waals surface area contributed by atoms with Gasteiger partial charge in [0.05, 0.1) is 5.38 Å². The first-order chi connectivity index (χ1) is 3.31. The van der Waals surface area contributed by atoms with Crippen LogP contribution in [0.5, 0.6) is 0 Å². The van der Waals surface area contributed by atoms with E-state index >= 15 is 0 Å². The largest absolute Gasteiger partial charge is 0.302 e. The Kier molecular flexibility index (Phi) is 4.88. The first kappa shape index (κ1) is 7.44. The highest BCUT2D eigenvalue weighted by atomic mass is 79.9. The molecule has 3 heteroatoms. The molecule has 0 radical (unpaired) electrons. The lowest BCUT2D eigenvalue weighted by Crippen LogP contribution is -1.98. The van der Waals surface area contributed by atoms with E-state index in [-0.39, 0.29) is 5.38 Å². The minimum absolute atomic E-state index is 0.306. The standard InChI is InChI=1S/C4H6BrClO/c5-2-1-4(6)3-7/h3-4H,1-2H2. The molecule has 1 nitrogen and oxygen atoms in total. The smallest absolute Gasteiger partial charge is 0.137 e. The van der Waals surface area contributed by atoms with Crippen molar-refractivity contribution in [3.05, 3.63) is 0 Å². The summed E-state index contributed by atoms with van der Waals surface area (Å²) >= 11 is 8.51. The van der Waals surface area contributed by atoms with Crippen molar-refractivity contribution < 1.29 is 4.79 Å². The Labute approximate surface area is 56.2 Å². The van der Waals surface area contributed by atoms with E-state index in [1.807, 2.05) is 0 Å². The summed E-state index contributed by atoms with van der Waals surface area (Å²) in [5.41, 5.74) is 0. The molecule has 0 aromatic heterocycles. The lowest BCUT2D eigenvalue weighted by atomic mass is 10.4. The van der Waals surface area contributed by atoms with Crippen LogP contribution in [0.2, 0.25) is 0 Å². The molecule has 0 aromatic rings. The molecule has 1 unspecified atom stereocenters. The van der Waals surface area contributed by atoms with Crippen molar-refractivity contribution in [3.63, 3.8) is 0 Å². The number of alkyl halides is 2. The van der Waals surface area contributed by atoms with Crippen LogP contribution < -0.4 is 0 Å². The zero-order valence-electron chi connectivity index (χ0n) is 3.73. The van der Waals surface area contributed by atoms with Gasteiger partial charge < -0.3 is 4.79 Å². The molecule has 0 saturated carbocycles. The van der Waals surface area contributed by atoms with Gasteiger partial charge in [0.2, 0.25) is 0 Å². The van der Waals surface area contributed by atoms with Crippen molar-refractivity contribution in [2.75, 3.05) is 5.33 Å². The number of hydrogen-bond donors (Lipinski definition) is 0. The van der Waals surface area contributed by atoms with Crippen LogP contribution in [-0.2, 0) is 4.79 Å². The molecule has 0 saturated heterocycles. The lowest BCUT2D eigenvalue weighted by molar-refractivity contribution is -0.107. The van der Waals surface area contributed by atoms with Crippen molar-refractivity contribution in [2.24, 2.45) is 0 Å². The molecule has 0 N–H and O–H groups in total. The fraction of sp³-hybridized carbons (Fsp3) is 0.750. The van der Waals surface area contributed by atoms with Crippen molar-refractivity contribution >= 4 is 33.8 Å². The number of carbonyl (C=O) groups excluding carboxylic acids is 1. The Balaban J connectivity index is 2.98. The van der Waals surface area contributed by atoms with Gasteiger partial charge in [-0.2, -0.15) is 0 Å². The van der Waals surface area contributed by atoms with Gasteiger partial charge in [-0.05, 0) is 6.42 Å². The predicted octanol–water partition coefficient (Wildman–Crippen LogP) is 1.58. The van der Waals surface area contributed by atoms with Crippen LogP contribution in [0.15, 0.2) is 0 Å². The van der Waals surface area contributed by atoms with E-state index < -0.39 is 0 Å². The summed E-state index contributed by atoms with van der Waals surface area (Å²) in [4.78, 5) is 9.74. The van der Waals surface area contributed by atoms with Crippen LogP contribution in [0.4, 0.5) is 0 Å². The van der Waals surface area contributed by atoms with Crippen LogP contribution in [0.1, 0.15) is 6.42 Å². The molecule has 0 rings (SSSR count). The average molecular weight is 185 g/mol. The fourth-order valence-electron chi connectivity index (χ4n) is 0.172. The molecule has 0 aromatic carbocycles. The maximum atomic E-state index is 9.74. The number of carbonyl (C=O) groups is 1. The molecule has 0 amide bonds. The van der Waals surface area contributed by atoms with E-state index in [2.05, 4.69) is 15.9 Å². The number of rotatable bonds is 3. The monoisotopic (exact) mass is 184 g/mol. The maximum absolute atomic E-state index is 9.74. The van der Waals surface area contributed by atoms with E-state index in [1.54, 1.807) is 0 Å². The highest BCUT2D eigenvalue weighted by Crippen LogP contribution is 1.99. The van der Waals surface area contributed by atoms with Gasteiger partial charge in [-0.3, -0.25) is 0 Å². The fourth-order valence-corrected chi connectivity index (χ4v) is 1.04. The summed E-state index contributed by atoms with van der Waals surface area (Å²) in [7, 11) is 0. The molecule has 0 aliphatic carbocycles. The molecule has 7 heavy (non-hydrogen) atoms. The van der Waals surface area contributed by atoms with Gasteiger partial charge in [-0.25, -0.2) is 0 Å². The second kappa shape index (κ2) is 4.60. The second-order valence-corrected chi connectivity index (χ2v) is 2.48. The van der Waals surface area contributed by atoms with Crippen LogP contribution in [-0.4, -0.2) is 17.0 Å². The van der Waals surface area contributed by atoms with E-state index in [9.17, 15) is 4.79 Å². The summed E-state index contributed by atoms with van der Waals surface area (Å²) < 4.78 is 0. The van der Waals surface area contributed by atoms with Crippen molar-refractivity contribution in [2.45, 2.75) is 11.8 Å². The molecular weight excluding hydrogens is 179 g/mol.